The fraction of sp³-hybridized carbons (Fsp3) is 0.562. The van der Waals surface area contributed by atoms with Crippen LogP contribution in [-0.4, -0.2) is 53.4 Å². The summed E-state index contributed by atoms with van der Waals surface area (Å²) in [6.45, 7) is -0.0801. The van der Waals surface area contributed by atoms with E-state index < -0.39 is 36.1 Å². The van der Waals surface area contributed by atoms with E-state index in [1.54, 1.807) is 6.07 Å². The first kappa shape index (κ1) is 17.2. The normalized spacial score (nSPS) is 29.3. The first-order chi connectivity index (χ1) is 11.2. The average Bonchev–Trinajstić information content (AvgIpc) is 2.88. The lowest BCUT2D eigenvalue weighted by Crippen LogP contribution is -2.60. The van der Waals surface area contributed by atoms with Gasteiger partial charge in [0, 0.05) is 13.1 Å². The van der Waals surface area contributed by atoms with Gasteiger partial charge in [-0.25, -0.2) is 4.39 Å². The molecule has 2 aliphatic heterocycles. The zero-order valence-corrected chi connectivity index (χ0v) is 12.9. The van der Waals surface area contributed by atoms with Crippen molar-refractivity contribution >= 4 is 11.6 Å². The highest BCUT2D eigenvalue weighted by Crippen LogP contribution is 2.39. The minimum absolute atomic E-state index is 0.132. The predicted octanol–water partition coefficient (Wildman–Crippen LogP) is 2.32. The van der Waals surface area contributed by atoms with Crippen molar-refractivity contribution in [3.8, 4) is 0 Å². The van der Waals surface area contributed by atoms with Gasteiger partial charge in [0.15, 0.2) is 5.60 Å². The van der Waals surface area contributed by atoms with Crippen molar-refractivity contribution in [2.45, 2.75) is 37.1 Å². The van der Waals surface area contributed by atoms with E-state index in [2.05, 4.69) is 0 Å². The Morgan fingerprint density at radius 3 is 2.58 bits per heavy atom. The van der Waals surface area contributed by atoms with Gasteiger partial charge in [0.05, 0.1) is 11.7 Å². The number of halogens is 4. The van der Waals surface area contributed by atoms with Crippen LogP contribution in [0.25, 0.3) is 0 Å². The molecule has 2 saturated heterocycles. The number of para-hydroxylation sites is 1. The zero-order valence-electron chi connectivity index (χ0n) is 12.9. The van der Waals surface area contributed by atoms with E-state index in [0.717, 1.165) is 0 Å². The fourth-order valence-electron chi connectivity index (χ4n) is 3.48. The molecule has 2 atom stereocenters. The number of benzene rings is 1. The molecule has 0 aromatic heterocycles. The number of carbonyl (C=O) groups is 1. The molecule has 24 heavy (non-hydrogen) atoms. The van der Waals surface area contributed by atoms with Crippen LogP contribution >= 0.6 is 0 Å². The number of hydrogen-bond acceptors (Lipinski definition) is 3. The van der Waals surface area contributed by atoms with E-state index in [1.165, 1.54) is 28.0 Å². The van der Waals surface area contributed by atoms with Gasteiger partial charge in [-0.15, -0.1) is 0 Å². The number of piperidine rings is 1. The Kier molecular flexibility index (Phi) is 4.29. The van der Waals surface area contributed by atoms with Gasteiger partial charge in [0.1, 0.15) is 5.82 Å². The monoisotopic (exact) mass is 346 g/mol. The molecule has 1 aromatic rings. The predicted molar refractivity (Wildman–Crippen MR) is 79.0 cm³/mol. The summed E-state index contributed by atoms with van der Waals surface area (Å²) in [4.78, 5) is 15.2. The van der Waals surface area contributed by atoms with E-state index in [4.69, 9.17) is 0 Å². The maximum Gasteiger partial charge on any atom is 0.418 e. The van der Waals surface area contributed by atoms with Crippen LogP contribution in [0.15, 0.2) is 24.3 Å². The van der Waals surface area contributed by atoms with Crippen molar-refractivity contribution in [1.82, 2.24) is 4.90 Å². The molecule has 0 bridgehead atoms. The first-order valence-electron chi connectivity index (χ1n) is 7.82. The van der Waals surface area contributed by atoms with Crippen LogP contribution in [0.2, 0.25) is 0 Å². The van der Waals surface area contributed by atoms with Crippen molar-refractivity contribution in [1.29, 1.82) is 0 Å². The summed E-state index contributed by atoms with van der Waals surface area (Å²) in [5.74, 6) is -0.969. The second-order valence-electron chi connectivity index (χ2n) is 6.35. The van der Waals surface area contributed by atoms with Crippen LogP contribution in [0.1, 0.15) is 19.3 Å². The molecule has 2 aliphatic rings. The topological polar surface area (TPSA) is 43.8 Å². The van der Waals surface area contributed by atoms with Crippen LogP contribution in [-0.2, 0) is 4.79 Å². The maximum atomic E-state index is 13.9. The van der Waals surface area contributed by atoms with Gasteiger partial charge in [-0.05, 0) is 37.9 Å². The molecule has 4 nitrogen and oxygen atoms in total. The maximum absolute atomic E-state index is 13.9. The average molecular weight is 346 g/mol. The summed E-state index contributed by atoms with van der Waals surface area (Å²) >= 11 is 0. The van der Waals surface area contributed by atoms with Gasteiger partial charge in [0.25, 0.3) is 0 Å². The van der Waals surface area contributed by atoms with Crippen LogP contribution < -0.4 is 4.90 Å². The molecule has 1 aromatic carbocycles. The summed E-state index contributed by atoms with van der Waals surface area (Å²) in [6.07, 6.45) is -4.65. The molecule has 1 amide bonds. The number of likely N-dealkylation sites (tertiary alicyclic amines) is 1. The van der Waals surface area contributed by atoms with Gasteiger partial charge < -0.3 is 10.0 Å². The molecule has 0 radical (unpaired) electrons. The number of β-amino-alcohol motifs (C(OH)–C–C–N with tert-alkyl or cyclic N) is 1. The number of anilines is 1. The van der Waals surface area contributed by atoms with Crippen LogP contribution in [0.4, 0.5) is 23.2 Å². The number of nitrogens with zero attached hydrogens (tertiary/aromatic N) is 2. The van der Waals surface area contributed by atoms with Crippen molar-refractivity contribution in [3.05, 3.63) is 30.1 Å². The van der Waals surface area contributed by atoms with Crippen molar-refractivity contribution in [2.75, 3.05) is 24.5 Å². The molecule has 3 rings (SSSR count). The number of aliphatic hydroxyl groups is 1. The van der Waals surface area contributed by atoms with Gasteiger partial charge in [0.2, 0.25) is 5.91 Å². The largest absolute Gasteiger partial charge is 0.418 e. The Labute approximate surface area is 136 Å². The number of amides is 1. The molecule has 0 saturated carbocycles. The highest BCUT2D eigenvalue weighted by Gasteiger charge is 2.56. The quantitative estimate of drug-likeness (QED) is 0.836. The van der Waals surface area contributed by atoms with Crippen LogP contribution in [0.3, 0.4) is 0 Å². The standard InChI is InChI=1S/C16H18F4N2O2/c17-11-4-1-2-5-12(11)22-9-6-13(14(22)23)21-8-3-7-15(24,10-21)16(18,19)20/h1-2,4-5,13,24H,3,6-10H2/t13-,15+/m1/s1. The summed E-state index contributed by atoms with van der Waals surface area (Å²) in [7, 11) is 0. The molecular weight excluding hydrogens is 328 g/mol. The summed E-state index contributed by atoms with van der Waals surface area (Å²) < 4.78 is 53.0. The lowest BCUT2D eigenvalue weighted by Gasteiger charge is -2.42. The molecule has 0 spiro atoms. The summed E-state index contributed by atoms with van der Waals surface area (Å²) in [5, 5.41) is 9.90. The SMILES string of the molecule is O=C1[C@H](N2CCC[C@@](O)(C(F)(F)F)C2)CCN1c1ccccc1F. The molecule has 2 fully saturated rings. The molecule has 8 heteroatoms. The van der Waals surface area contributed by atoms with Crippen LogP contribution in [0.5, 0.6) is 0 Å². The molecule has 0 aliphatic carbocycles. The third-order valence-corrected chi connectivity index (χ3v) is 4.79. The Hall–Kier alpha value is -1.67. The van der Waals surface area contributed by atoms with Gasteiger partial charge in [-0.3, -0.25) is 9.69 Å². The van der Waals surface area contributed by atoms with Gasteiger partial charge in [-0.2, -0.15) is 13.2 Å². The van der Waals surface area contributed by atoms with E-state index in [9.17, 15) is 27.5 Å². The second kappa shape index (κ2) is 6.00. The summed E-state index contributed by atoms with van der Waals surface area (Å²) in [6, 6.07) is 5.04. The lowest BCUT2D eigenvalue weighted by atomic mass is 9.91. The van der Waals surface area contributed by atoms with E-state index in [-0.39, 0.29) is 25.1 Å². The first-order valence-corrected chi connectivity index (χ1v) is 7.82. The molecule has 0 unspecified atom stereocenters. The number of rotatable bonds is 2. The Bertz CT molecular complexity index is 637. The number of alkyl halides is 3. The zero-order chi connectivity index (χ0) is 17.5. The fourth-order valence-corrected chi connectivity index (χ4v) is 3.48. The Morgan fingerprint density at radius 2 is 1.92 bits per heavy atom. The third kappa shape index (κ3) is 2.88. The highest BCUT2D eigenvalue weighted by atomic mass is 19.4. The molecule has 2 heterocycles. The van der Waals surface area contributed by atoms with E-state index >= 15 is 0 Å². The minimum atomic E-state index is -4.74. The van der Waals surface area contributed by atoms with Crippen molar-refractivity contribution < 1.29 is 27.5 Å². The number of hydrogen-bond donors (Lipinski definition) is 1. The van der Waals surface area contributed by atoms with Crippen LogP contribution in [0, 0.1) is 5.82 Å². The summed E-state index contributed by atoms with van der Waals surface area (Å²) in [5.41, 5.74) is -2.66. The van der Waals surface area contributed by atoms with Crippen molar-refractivity contribution in [3.63, 3.8) is 0 Å². The highest BCUT2D eigenvalue weighted by molar-refractivity contribution is 5.99. The number of carbonyl (C=O) groups excluding carboxylic acids is 1. The smallest absolute Gasteiger partial charge is 0.379 e. The lowest BCUT2D eigenvalue weighted by molar-refractivity contribution is -0.275. The van der Waals surface area contributed by atoms with Crippen molar-refractivity contribution in [2.24, 2.45) is 0 Å². The third-order valence-electron chi connectivity index (χ3n) is 4.79. The van der Waals surface area contributed by atoms with E-state index in [1.807, 2.05) is 0 Å². The van der Waals surface area contributed by atoms with Gasteiger partial charge in [-0.1, -0.05) is 12.1 Å². The van der Waals surface area contributed by atoms with E-state index in [0.29, 0.717) is 13.0 Å². The Morgan fingerprint density at radius 1 is 1.21 bits per heavy atom. The minimum Gasteiger partial charge on any atom is -0.379 e. The molecule has 132 valence electrons. The molecule has 1 N–H and O–H groups in total. The Balaban J connectivity index is 1.77. The molecular formula is C16H18F4N2O2. The van der Waals surface area contributed by atoms with Gasteiger partial charge >= 0.3 is 6.18 Å². The second-order valence-corrected chi connectivity index (χ2v) is 6.35.